The average molecular weight is 325 g/mol. The molecular weight excluding hydrogens is 305 g/mol. The summed E-state index contributed by atoms with van der Waals surface area (Å²) < 4.78 is 12.8. The van der Waals surface area contributed by atoms with Crippen molar-refractivity contribution >= 4 is 17.8 Å². The van der Waals surface area contributed by atoms with Crippen molar-refractivity contribution in [2.75, 3.05) is 18.0 Å². The van der Waals surface area contributed by atoms with Crippen molar-refractivity contribution in [3.8, 4) is 0 Å². The van der Waals surface area contributed by atoms with Crippen LogP contribution in [0.2, 0.25) is 0 Å². The van der Waals surface area contributed by atoms with Gasteiger partial charge in [-0.05, 0) is 61.2 Å². The minimum atomic E-state index is -0.371. The number of benzene rings is 2. The number of amides is 1. The molecule has 0 aromatic heterocycles. The van der Waals surface area contributed by atoms with Crippen LogP contribution in [-0.2, 0) is 0 Å². The molecule has 0 unspecified atom stereocenters. The van der Waals surface area contributed by atoms with Crippen molar-refractivity contribution < 1.29 is 9.18 Å². The van der Waals surface area contributed by atoms with E-state index in [1.807, 2.05) is 12.1 Å². The van der Waals surface area contributed by atoms with E-state index in [4.69, 9.17) is 0 Å². The molecular formula is C19H20FN3O. The summed E-state index contributed by atoms with van der Waals surface area (Å²) >= 11 is 0. The molecule has 0 bridgehead atoms. The van der Waals surface area contributed by atoms with E-state index in [0.717, 1.165) is 18.7 Å². The molecule has 1 aliphatic heterocycles. The Morgan fingerprint density at radius 3 is 2.33 bits per heavy atom. The first-order chi connectivity index (χ1) is 11.7. The van der Waals surface area contributed by atoms with Crippen molar-refractivity contribution in [2.24, 2.45) is 5.10 Å². The zero-order chi connectivity index (χ0) is 16.8. The lowest BCUT2D eigenvalue weighted by molar-refractivity contribution is 0.0955. The quantitative estimate of drug-likeness (QED) is 0.690. The molecule has 124 valence electrons. The first-order valence-corrected chi connectivity index (χ1v) is 8.16. The summed E-state index contributed by atoms with van der Waals surface area (Å²) in [5.74, 6) is -0.736. The van der Waals surface area contributed by atoms with Crippen LogP contribution in [0.3, 0.4) is 0 Å². The lowest BCUT2D eigenvalue weighted by atomic mass is 10.1. The van der Waals surface area contributed by atoms with Gasteiger partial charge in [-0.1, -0.05) is 12.1 Å². The van der Waals surface area contributed by atoms with E-state index < -0.39 is 0 Å². The molecule has 1 amide bonds. The number of rotatable bonds is 4. The number of nitrogens with zero attached hydrogens (tertiary/aromatic N) is 2. The highest BCUT2D eigenvalue weighted by Gasteiger charge is 2.10. The van der Waals surface area contributed by atoms with Crippen LogP contribution in [0.5, 0.6) is 0 Å². The Morgan fingerprint density at radius 2 is 1.67 bits per heavy atom. The van der Waals surface area contributed by atoms with Gasteiger partial charge in [0.05, 0.1) is 6.21 Å². The van der Waals surface area contributed by atoms with Crippen LogP contribution in [0.15, 0.2) is 53.6 Å². The van der Waals surface area contributed by atoms with Crippen LogP contribution in [0, 0.1) is 5.82 Å². The molecule has 4 nitrogen and oxygen atoms in total. The Morgan fingerprint density at radius 1 is 1.00 bits per heavy atom. The van der Waals surface area contributed by atoms with Crippen molar-refractivity contribution in [1.82, 2.24) is 5.43 Å². The van der Waals surface area contributed by atoms with Gasteiger partial charge in [-0.3, -0.25) is 4.79 Å². The van der Waals surface area contributed by atoms with Crippen LogP contribution in [0.1, 0.15) is 35.2 Å². The van der Waals surface area contributed by atoms with Crippen molar-refractivity contribution in [2.45, 2.75) is 19.3 Å². The topological polar surface area (TPSA) is 44.7 Å². The maximum Gasteiger partial charge on any atom is 0.271 e. The summed E-state index contributed by atoms with van der Waals surface area (Å²) in [6, 6.07) is 13.5. The number of anilines is 1. The zero-order valence-corrected chi connectivity index (χ0v) is 13.4. The van der Waals surface area contributed by atoms with E-state index in [0.29, 0.717) is 5.56 Å². The molecule has 1 heterocycles. The molecule has 0 saturated carbocycles. The Kier molecular flexibility index (Phi) is 5.21. The van der Waals surface area contributed by atoms with Gasteiger partial charge in [-0.25, -0.2) is 9.82 Å². The van der Waals surface area contributed by atoms with Crippen LogP contribution in [0.4, 0.5) is 10.1 Å². The van der Waals surface area contributed by atoms with E-state index in [1.54, 1.807) is 6.21 Å². The Hall–Kier alpha value is -2.69. The minimum absolute atomic E-state index is 0.365. The van der Waals surface area contributed by atoms with Gasteiger partial charge in [0.25, 0.3) is 5.91 Å². The highest BCUT2D eigenvalue weighted by atomic mass is 19.1. The fraction of sp³-hybridized carbons (Fsp3) is 0.263. The van der Waals surface area contributed by atoms with Gasteiger partial charge in [0.2, 0.25) is 0 Å². The molecule has 2 aromatic rings. The van der Waals surface area contributed by atoms with Gasteiger partial charge in [0.15, 0.2) is 0 Å². The molecule has 24 heavy (non-hydrogen) atoms. The van der Waals surface area contributed by atoms with E-state index in [-0.39, 0.29) is 11.7 Å². The summed E-state index contributed by atoms with van der Waals surface area (Å²) in [4.78, 5) is 14.2. The molecule has 2 aromatic carbocycles. The first kappa shape index (κ1) is 16.2. The Bertz CT molecular complexity index is 704. The lowest BCUT2D eigenvalue weighted by Crippen LogP contribution is -2.29. The van der Waals surface area contributed by atoms with Gasteiger partial charge in [-0.15, -0.1) is 0 Å². The SMILES string of the molecule is O=C(N/N=C/c1ccc(N2CCCCC2)cc1)c1ccc(F)cc1. The second-order valence-corrected chi connectivity index (χ2v) is 5.85. The largest absolute Gasteiger partial charge is 0.372 e. The Labute approximate surface area is 141 Å². The summed E-state index contributed by atoms with van der Waals surface area (Å²) in [7, 11) is 0. The number of hydrogen-bond acceptors (Lipinski definition) is 3. The first-order valence-electron chi connectivity index (χ1n) is 8.16. The number of halogens is 1. The molecule has 0 atom stereocenters. The van der Waals surface area contributed by atoms with E-state index >= 15 is 0 Å². The normalized spacial score (nSPS) is 14.8. The van der Waals surface area contributed by atoms with Crippen molar-refractivity contribution in [1.29, 1.82) is 0 Å². The summed E-state index contributed by atoms with van der Waals surface area (Å²) in [5, 5.41) is 3.95. The lowest BCUT2D eigenvalue weighted by Gasteiger charge is -2.28. The number of piperidine rings is 1. The molecule has 1 fully saturated rings. The molecule has 0 spiro atoms. The number of hydrogen-bond donors (Lipinski definition) is 1. The van der Waals surface area contributed by atoms with Gasteiger partial charge < -0.3 is 4.90 Å². The predicted octanol–water partition coefficient (Wildman–Crippen LogP) is 3.58. The highest BCUT2D eigenvalue weighted by molar-refractivity contribution is 5.94. The molecule has 5 heteroatoms. The van der Waals surface area contributed by atoms with E-state index in [9.17, 15) is 9.18 Å². The number of carbonyl (C=O) groups excluding carboxylic acids is 1. The maximum atomic E-state index is 12.8. The molecule has 1 aliphatic rings. The van der Waals surface area contributed by atoms with Crippen LogP contribution in [-0.4, -0.2) is 25.2 Å². The van der Waals surface area contributed by atoms with E-state index in [2.05, 4.69) is 27.6 Å². The zero-order valence-electron chi connectivity index (χ0n) is 13.4. The van der Waals surface area contributed by atoms with Gasteiger partial charge in [0.1, 0.15) is 5.82 Å². The monoisotopic (exact) mass is 325 g/mol. The number of hydrazone groups is 1. The third-order valence-electron chi connectivity index (χ3n) is 4.10. The summed E-state index contributed by atoms with van der Waals surface area (Å²) in [6.07, 6.45) is 5.41. The summed E-state index contributed by atoms with van der Waals surface area (Å²) in [6.45, 7) is 2.22. The fourth-order valence-corrected chi connectivity index (χ4v) is 2.75. The van der Waals surface area contributed by atoms with Crippen LogP contribution >= 0.6 is 0 Å². The third kappa shape index (κ3) is 4.19. The predicted molar refractivity (Wildman–Crippen MR) is 94.0 cm³/mol. The molecule has 0 radical (unpaired) electrons. The highest BCUT2D eigenvalue weighted by Crippen LogP contribution is 2.19. The fourth-order valence-electron chi connectivity index (χ4n) is 2.75. The second-order valence-electron chi connectivity index (χ2n) is 5.85. The molecule has 0 aliphatic carbocycles. The third-order valence-corrected chi connectivity index (χ3v) is 4.10. The standard InChI is InChI=1S/C19H20FN3O/c20-17-8-6-16(7-9-17)19(24)22-21-14-15-4-10-18(11-5-15)23-12-2-1-3-13-23/h4-11,14H,1-3,12-13H2,(H,22,24)/b21-14+. The Balaban J connectivity index is 1.56. The summed E-state index contributed by atoms with van der Waals surface area (Å²) in [5.41, 5.74) is 4.95. The smallest absolute Gasteiger partial charge is 0.271 e. The number of carbonyl (C=O) groups is 1. The molecule has 1 N–H and O–H groups in total. The van der Waals surface area contributed by atoms with Crippen LogP contribution in [0.25, 0.3) is 0 Å². The molecule has 3 rings (SSSR count). The molecule has 1 saturated heterocycles. The van der Waals surface area contributed by atoms with Crippen molar-refractivity contribution in [3.63, 3.8) is 0 Å². The average Bonchev–Trinajstić information content (AvgIpc) is 2.63. The van der Waals surface area contributed by atoms with Gasteiger partial charge in [0, 0.05) is 24.3 Å². The maximum absolute atomic E-state index is 12.8. The van der Waals surface area contributed by atoms with E-state index in [1.165, 1.54) is 49.2 Å². The van der Waals surface area contributed by atoms with Gasteiger partial charge in [-0.2, -0.15) is 5.10 Å². The van der Waals surface area contributed by atoms with Crippen LogP contribution < -0.4 is 10.3 Å². The number of nitrogens with one attached hydrogen (secondary N) is 1. The van der Waals surface area contributed by atoms with Gasteiger partial charge >= 0.3 is 0 Å². The van der Waals surface area contributed by atoms with Crippen molar-refractivity contribution in [3.05, 3.63) is 65.5 Å². The minimum Gasteiger partial charge on any atom is -0.372 e. The second kappa shape index (κ2) is 7.73.